The lowest BCUT2D eigenvalue weighted by Crippen LogP contribution is -2.40. The maximum Gasteiger partial charge on any atom is 0.338 e. The third-order valence-corrected chi connectivity index (χ3v) is 7.30. The van der Waals surface area contributed by atoms with E-state index in [0.29, 0.717) is 43.2 Å². The maximum absolute atomic E-state index is 13.9. The van der Waals surface area contributed by atoms with E-state index in [4.69, 9.17) is 19.2 Å². The second-order valence-corrected chi connectivity index (χ2v) is 9.95. The Hall–Kier alpha value is -4.96. The van der Waals surface area contributed by atoms with Gasteiger partial charge in [-0.2, -0.15) is 0 Å². The first-order valence-corrected chi connectivity index (χ1v) is 13.6. The van der Waals surface area contributed by atoms with Gasteiger partial charge in [-0.15, -0.1) is 0 Å². The zero-order chi connectivity index (χ0) is 28.9. The number of esters is 1. The molecule has 1 aromatic heterocycles. The molecule has 4 aromatic rings. The van der Waals surface area contributed by atoms with E-state index in [9.17, 15) is 19.5 Å². The molecule has 1 atom stereocenters. The highest BCUT2D eigenvalue weighted by Gasteiger charge is 2.35. The number of carboxylic acids is 1. The summed E-state index contributed by atoms with van der Waals surface area (Å²) >= 11 is 1.20. The number of carbonyl (C=O) groups excluding carboxylic acids is 2. The molecule has 2 heterocycles. The van der Waals surface area contributed by atoms with Crippen LogP contribution in [0.2, 0.25) is 0 Å². The second kappa shape index (κ2) is 12.1. The van der Waals surface area contributed by atoms with Gasteiger partial charge in [-0.05, 0) is 48.4 Å². The summed E-state index contributed by atoms with van der Waals surface area (Å²) in [6.07, 6.45) is 1.71. The van der Waals surface area contributed by atoms with Gasteiger partial charge in [0, 0.05) is 5.56 Å². The zero-order valence-electron chi connectivity index (χ0n) is 22.2. The number of fused-ring (bicyclic) bond motifs is 1. The zero-order valence-corrected chi connectivity index (χ0v) is 23.1. The molecule has 0 spiro atoms. The topological polar surface area (TPSA) is 119 Å². The number of ether oxygens (including phenoxy) is 3. The fourth-order valence-electron chi connectivity index (χ4n) is 4.52. The van der Waals surface area contributed by atoms with Gasteiger partial charge in [0.15, 0.2) is 4.80 Å². The van der Waals surface area contributed by atoms with Crippen LogP contribution in [0.4, 0.5) is 0 Å². The van der Waals surface area contributed by atoms with E-state index < -0.39 is 24.6 Å². The molecule has 0 N–H and O–H groups in total. The highest BCUT2D eigenvalue weighted by molar-refractivity contribution is 7.07. The van der Waals surface area contributed by atoms with Crippen LogP contribution < -0.4 is 29.5 Å². The van der Waals surface area contributed by atoms with Crippen LogP contribution in [-0.4, -0.2) is 36.8 Å². The minimum absolute atomic E-state index is 0.155. The van der Waals surface area contributed by atoms with Gasteiger partial charge in [-0.25, -0.2) is 9.79 Å². The number of benzene rings is 3. The molecule has 208 valence electrons. The van der Waals surface area contributed by atoms with E-state index in [1.165, 1.54) is 15.9 Å². The van der Waals surface area contributed by atoms with E-state index in [1.807, 2.05) is 36.4 Å². The first-order valence-electron chi connectivity index (χ1n) is 12.7. The largest absolute Gasteiger partial charge is 0.546 e. The molecule has 0 bridgehead atoms. The molecule has 0 saturated carbocycles. The normalized spacial score (nSPS) is 14.7. The predicted molar refractivity (Wildman–Crippen MR) is 151 cm³/mol. The molecule has 0 radical (unpaired) electrons. The number of thiazole rings is 1. The van der Waals surface area contributed by atoms with Gasteiger partial charge in [0.25, 0.3) is 5.56 Å². The van der Waals surface area contributed by atoms with Crippen molar-refractivity contribution >= 4 is 35.0 Å². The molecule has 0 fully saturated rings. The fraction of sp³-hybridized carbons (Fsp3) is 0.161. The summed E-state index contributed by atoms with van der Waals surface area (Å²) in [6.45, 7) is 1.32. The first kappa shape index (κ1) is 27.6. The van der Waals surface area contributed by atoms with Gasteiger partial charge >= 0.3 is 5.97 Å². The second-order valence-electron chi connectivity index (χ2n) is 8.94. The van der Waals surface area contributed by atoms with Gasteiger partial charge in [0.2, 0.25) is 0 Å². The van der Waals surface area contributed by atoms with Crippen molar-refractivity contribution in [1.29, 1.82) is 0 Å². The monoisotopic (exact) mass is 569 g/mol. The summed E-state index contributed by atoms with van der Waals surface area (Å²) in [5, 5.41) is 10.7. The Kier molecular flexibility index (Phi) is 8.11. The third kappa shape index (κ3) is 5.82. The average Bonchev–Trinajstić information content (AvgIpc) is 3.30. The Balaban J connectivity index is 1.72. The smallest absolute Gasteiger partial charge is 0.338 e. The van der Waals surface area contributed by atoms with E-state index in [2.05, 4.69) is 0 Å². The number of carboxylic acid groups (broad SMARTS) is 1. The number of aliphatic carboxylic acids is 1. The minimum Gasteiger partial charge on any atom is -0.546 e. The summed E-state index contributed by atoms with van der Waals surface area (Å²) < 4.78 is 18.0. The molecule has 10 heteroatoms. The van der Waals surface area contributed by atoms with Crippen molar-refractivity contribution < 1.29 is 28.9 Å². The summed E-state index contributed by atoms with van der Waals surface area (Å²) in [4.78, 5) is 43.4. The van der Waals surface area contributed by atoms with Crippen LogP contribution in [0, 0.1) is 0 Å². The number of hydrogen-bond acceptors (Lipinski definition) is 9. The lowest BCUT2D eigenvalue weighted by Gasteiger charge is -2.26. The molecule has 1 aliphatic heterocycles. The number of nitrogens with zero attached hydrogens (tertiary/aromatic N) is 2. The van der Waals surface area contributed by atoms with Crippen LogP contribution in [0.3, 0.4) is 0 Å². The molecule has 0 amide bonds. The van der Waals surface area contributed by atoms with Crippen LogP contribution in [0.15, 0.2) is 94.2 Å². The lowest BCUT2D eigenvalue weighted by atomic mass is 9.93. The summed E-state index contributed by atoms with van der Waals surface area (Å²) in [6, 6.07) is 22.4. The van der Waals surface area contributed by atoms with Crippen molar-refractivity contribution in [2.45, 2.75) is 13.0 Å². The summed E-state index contributed by atoms with van der Waals surface area (Å²) in [5.74, 6) is -0.952. The third-order valence-electron chi connectivity index (χ3n) is 6.32. The molecule has 9 nitrogen and oxygen atoms in total. The number of aromatic nitrogens is 1. The van der Waals surface area contributed by atoms with E-state index in [0.717, 1.165) is 0 Å². The Morgan fingerprint density at radius 2 is 1.78 bits per heavy atom. The van der Waals surface area contributed by atoms with Gasteiger partial charge in [-0.1, -0.05) is 65.9 Å². The van der Waals surface area contributed by atoms with Crippen molar-refractivity contribution in [2.24, 2.45) is 4.99 Å². The van der Waals surface area contributed by atoms with Crippen LogP contribution in [0.25, 0.3) is 11.8 Å². The van der Waals surface area contributed by atoms with Crippen molar-refractivity contribution in [3.8, 4) is 11.5 Å². The maximum atomic E-state index is 13.9. The van der Waals surface area contributed by atoms with Gasteiger partial charge in [0.1, 0.15) is 18.1 Å². The first-order chi connectivity index (χ1) is 19.9. The van der Waals surface area contributed by atoms with Crippen molar-refractivity contribution in [3.63, 3.8) is 0 Å². The van der Waals surface area contributed by atoms with Crippen LogP contribution in [-0.2, 0) is 14.3 Å². The minimum atomic E-state index is -1.32. The van der Waals surface area contributed by atoms with Crippen LogP contribution in [0.1, 0.15) is 29.7 Å². The summed E-state index contributed by atoms with van der Waals surface area (Å²) in [5.41, 5.74) is 2.43. The molecule has 0 unspecified atom stereocenters. The average molecular weight is 570 g/mol. The molecule has 5 rings (SSSR count). The standard InChI is InChI=1S/C31H26N2O7S/c1-3-39-30(37)26-27(20-8-5-4-6-9-20)32-31-33(28(26)21-10-7-11-23(17-21)38-2)29(36)24(41-31)16-19-12-14-22(15-13-19)40-18-25(34)35/h4-17,28H,3,18H2,1-2H3,(H,34,35)/p-1/b24-16-/t28-/m1/s1. The van der Waals surface area contributed by atoms with Gasteiger partial charge in [0.05, 0.1) is 41.5 Å². The Labute approximate surface area is 238 Å². The van der Waals surface area contributed by atoms with Crippen molar-refractivity contribution in [1.82, 2.24) is 4.57 Å². The fourth-order valence-corrected chi connectivity index (χ4v) is 5.52. The Bertz CT molecular complexity index is 1810. The van der Waals surface area contributed by atoms with Gasteiger partial charge in [-0.3, -0.25) is 9.36 Å². The molecular weight excluding hydrogens is 544 g/mol. The molecule has 1 aliphatic rings. The van der Waals surface area contributed by atoms with Crippen LogP contribution in [0.5, 0.6) is 11.5 Å². The lowest BCUT2D eigenvalue weighted by molar-refractivity contribution is -0.307. The predicted octanol–water partition coefficient (Wildman–Crippen LogP) is 2.07. The number of hydrogen-bond donors (Lipinski definition) is 0. The molecular formula is C31H25N2O7S-. The van der Waals surface area contributed by atoms with E-state index >= 15 is 0 Å². The number of carbonyl (C=O) groups is 2. The quantitative estimate of drug-likeness (QED) is 0.283. The highest BCUT2D eigenvalue weighted by atomic mass is 32.1. The Morgan fingerprint density at radius 1 is 1.02 bits per heavy atom. The van der Waals surface area contributed by atoms with Crippen molar-refractivity contribution in [2.75, 3.05) is 20.3 Å². The molecule has 3 aromatic carbocycles. The van der Waals surface area contributed by atoms with Crippen LogP contribution >= 0.6 is 11.3 Å². The van der Waals surface area contributed by atoms with Gasteiger partial charge < -0.3 is 24.1 Å². The highest BCUT2D eigenvalue weighted by Crippen LogP contribution is 2.36. The number of methoxy groups -OCH3 is 1. The van der Waals surface area contributed by atoms with E-state index in [-0.39, 0.29) is 17.7 Å². The molecule has 0 aliphatic carbocycles. The summed E-state index contributed by atoms with van der Waals surface area (Å²) in [7, 11) is 1.55. The SMILES string of the molecule is CCOC(=O)C1=C(c2ccccc2)N=c2s/c(=C\c3ccc(OCC(=O)[O-])cc3)c(=O)n2[C@@H]1c1cccc(OC)c1. The van der Waals surface area contributed by atoms with E-state index in [1.54, 1.807) is 62.6 Å². The van der Waals surface area contributed by atoms with Crippen molar-refractivity contribution in [3.05, 3.63) is 121 Å². The Morgan fingerprint density at radius 3 is 2.46 bits per heavy atom. The molecule has 0 saturated heterocycles. The molecule has 41 heavy (non-hydrogen) atoms. The number of rotatable bonds is 9.